The predicted octanol–water partition coefficient (Wildman–Crippen LogP) is 10.2. The fourth-order valence-corrected chi connectivity index (χ4v) is 6.59. The number of carbonyl (C=O) groups is 2. The van der Waals surface area contributed by atoms with Crippen molar-refractivity contribution in [2.45, 2.75) is 6.42 Å². The van der Waals surface area contributed by atoms with Crippen molar-refractivity contribution in [3.8, 4) is 34.0 Å². The number of ether oxygens (including phenoxy) is 2. The summed E-state index contributed by atoms with van der Waals surface area (Å²) in [5.74, 6) is 1.08. The standard InChI is InChI=1S/C47H36N4O4/c1-54-36-23-15-32(16-24-36)44-28-40(38-7-3-5-9-42(38)50-44)46(52)48-34-19-11-30(12-20-34)27-31-13-21-35(22-14-31)49-47(53)41-29-45(33-17-25-37(55-2)26-18-33)51-43-10-6-4-8-39(41)43/h3-26,28-29H,27H2,1-2H3,(H,48,52)(H,49,53). The van der Waals surface area contributed by atoms with Crippen LogP contribution in [0.2, 0.25) is 0 Å². The third kappa shape index (κ3) is 7.61. The Morgan fingerprint density at radius 1 is 0.491 bits per heavy atom. The maximum atomic E-state index is 13.7. The largest absolute Gasteiger partial charge is 0.497 e. The molecule has 0 unspecified atom stereocenters. The normalized spacial score (nSPS) is 10.9. The molecule has 0 bridgehead atoms. The third-order valence-corrected chi connectivity index (χ3v) is 9.53. The molecule has 0 radical (unpaired) electrons. The average molecular weight is 721 g/mol. The molecule has 0 saturated carbocycles. The highest BCUT2D eigenvalue weighted by molar-refractivity contribution is 6.14. The molecule has 0 atom stereocenters. The van der Waals surface area contributed by atoms with Crippen LogP contribution in [0.1, 0.15) is 31.8 Å². The number of nitrogens with one attached hydrogen (secondary N) is 2. The van der Waals surface area contributed by atoms with Crippen molar-refractivity contribution < 1.29 is 19.1 Å². The second kappa shape index (κ2) is 15.3. The van der Waals surface area contributed by atoms with Gasteiger partial charge in [0.15, 0.2) is 0 Å². The molecule has 268 valence electrons. The Morgan fingerprint density at radius 3 is 1.25 bits per heavy atom. The van der Waals surface area contributed by atoms with Crippen LogP contribution in [0, 0.1) is 0 Å². The average Bonchev–Trinajstić information content (AvgIpc) is 3.24. The number of methoxy groups -OCH3 is 2. The number of hydrogen-bond acceptors (Lipinski definition) is 6. The molecule has 8 aromatic rings. The van der Waals surface area contributed by atoms with Crippen LogP contribution >= 0.6 is 0 Å². The lowest BCUT2D eigenvalue weighted by Crippen LogP contribution is -2.13. The number of para-hydroxylation sites is 2. The molecule has 2 heterocycles. The molecule has 55 heavy (non-hydrogen) atoms. The highest BCUT2D eigenvalue weighted by Gasteiger charge is 2.16. The minimum absolute atomic E-state index is 0.213. The summed E-state index contributed by atoms with van der Waals surface area (Å²) >= 11 is 0. The lowest BCUT2D eigenvalue weighted by Gasteiger charge is -2.12. The second-order valence-electron chi connectivity index (χ2n) is 13.1. The summed E-state index contributed by atoms with van der Waals surface area (Å²) in [6.45, 7) is 0. The maximum absolute atomic E-state index is 13.7. The summed E-state index contributed by atoms with van der Waals surface area (Å²) in [5, 5.41) is 7.70. The van der Waals surface area contributed by atoms with Gasteiger partial charge in [0.25, 0.3) is 11.8 Å². The number of aromatic nitrogens is 2. The number of benzene rings is 6. The Kier molecular flexibility index (Phi) is 9.69. The molecule has 6 aromatic carbocycles. The van der Waals surface area contributed by atoms with Crippen molar-refractivity contribution in [3.05, 3.63) is 180 Å². The molecule has 0 aliphatic heterocycles. The van der Waals surface area contributed by atoms with E-state index in [9.17, 15) is 9.59 Å². The van der Waals surface area contributed by atoms with Crippen LogP contribution in [0.3, 0.4) is 0 Å². The molecular formula is C47H36N4O4. The van der Waals surface area contributed by atoms with E-state index < -0.39 is 0 Å². The summed E-state index contributed by atoms with van der Waals surface area (Å²) in [5.41, 5.74) is 9.32. The van der Waals surface area contributed by atoms with Crippen molar-refractivity contribution in [1.29, 1.82) is 0 Å². The molecule has 8 rings (SSSR count). The van der Waals surface area contributed by atoms with Gasteiger partial charge in [-0.2, -0.15) is 0 Å². The highest BCUT2D eigenvalue weighted by atomic mass is 16.5. The zero-order valence-corrected chi connectivity index (χ0v) is 30.2. The van der Waals surface area contributed by atoms with Crippen LogP contribution in [-0.4, -0.2) is 36.0 Å². The van der Waals surface area contributed by atoms with Crippen molar-refractivity contribution in [1.82, 2.24) is 9.97 Å². The van der Waals surface area contributed by atoms with Crippen LogP contribution in [0.4, 0.5) is 11.4 Å². The minimum Gasteiger partial charge on any atom is -0.497 e. The molecule has 8 heteroatoms. The van der Waals surface area contributed by atoms with Gasteiger partial charge in [-0.15, -0.1) is 0 Å². The van der Waals surface area contributed by atoms with Gasteiger partial charge in [0.2, 0.25) is 0 Å². The van der Waals surface area contributed by atoms with Gasteiger partial charge in [-0.3, -0.25) is 9.59 Å². The summed E-state index contributed by atoms with van der Waals surface area (Å²) in [6.07, 6.45) is 0.683. The van der Waals surface area contributed by atoms with Gasteiger partial charge in [0.1, 0.15) is 11.5 Å². The van der Waals surface area contributed by atoms with E-state index in [0.717, 1.165) is 55.6 Å². The predicted molar refractivity (Wildman–Crippen MR) is 219 cm³/mol. The van der Waals surface area contributed by atoms with E-state index in [0.29, 0.717) is 40.3 Å². The first-order valence-corrected chi connectivity index (χ1v) is 17.8. The molecule has 0 aliphatic rings. The quantitative estimate of drug-likeness (QED) is 0.146. The van der Waals surface area contributed by atoms with Gasteiger partial charge in [-0.25, -0.2) is 9.97 Å². The Labute approximate surface area is 318 Å². The van der Waals surface area contributed by atoms with E-state index in [-0.39, 0.29) is 11.8 Å². The topological polar surface area (TPSA) is 102 Å². The number of amides is 2. The first-order valence-electron chi connectivity index (χ1n) is 17.8. The van der Waals surface area contributed by atoms with Gasteiger partial charge in [0, 0.05) is 33.3 Å². The Bertz CT molecular complexity index is 2470. The number of hydrogen-bond donors (Lipinski definition) is 2. The first-order chi connectivity index (χ1) is 26.9. The van der Waals surface area contributed by atoms with Crippen LogP contribution in [0.25, 0.3) is 44.3 Å². The lowest BCUT2D eigenvalue weighted by atomic mass is 10.0. The fraction of sp³-hybridized carbons (Fsp3) is 0.0638. The Morgan fingerprint density at radius 2 is 0.873 bits per heavy atom. The van der Waals surface area contributed by atoms with Crippen molar-refractivity contribution >= 4 is 45.0 Å². The van der Waals surface area contributed by atoms with E-state index in [1.54, 1.807) is 14.2 Å². The van der Waals surface area contributed by atoms with Gasteiger partial charge in [0.05, 0.1) is 47.8 Å². The zero-order chi connectivity index (χ0) is 37.7. The van der Waals surface area contributed by atoms with Gasteiger partial charge < -0.3 is 20.1 Å². The monoisotopic (exact) mass is 720 g/mol. The molecule has 2 amide bonds. The van der Waals surface area contributed by atoms with Crippen LogP contribution < -0.4 is 20.1 Å². The number of nitrogens with zero attached hydrogens (tertiary/aromatic N) is 2. The fourth-order valence-electron chi connectivity index (χ4n) is 6.59. The molecular weight excluding hydrogens is 685 g/mol. The molecule has 2 N–H and O–H groups in total. The van der Waals surface area contributed by atoms with E-state index in [4.69, 9.17) is 19.4 Å². The maximum Gasteiger partial charge on any atom is 0.256 e. The molecule has 2 aromatic heterocycles. The zero-order valence-electron chi connectivity index (χ0n) is 30.2. The first kappa shape index (κ1) is 34.7. The Balaban J connectivity index is 0.943. The summed E-state index contributed by atoms with van der Waals surface area (Å²) in [7, 11) is 3.26. The molecule has 0 fully saturated rings. The summed E-state index contributed by atoms with van der Waals surface area (Å²) in [4.78, 5) is 37.0. The van der Waals surface area contributed by atoms with Crippen LogP contribution in [0.5, 0.6) is 11.5 Å². The third-order valence-electron chi connectivity index (χ3n) is 9.53. The smallest absolute Gasteiger partial charge is 0.256 e. The van der Waals surface area contributed by atoms with E-state index >= 15 is 0 Å². The van der Waals surface area contributed by atoms with E-state index in [2.05, 4.69) is 10.6 Å². The summed E-state index contributed by atoms with van der Waals surface area (Å²) < 4.78 is 10.6. The lowest BCUT2D eigenvalue weighted by molar-refractivity contribution is 0.102. The van der Waals surface area contributed by atoms with Crippen molar-refractivity contribution in [3.63, 3.8) is 0 Å². The number of rotatable bonds is 10. The number of anilines is 2. The Hall–Kier alpha value is -7.32. The second-order valence-corrected chi connectivity index (χ2v) is 13.1. The van der Waals surface area contributed by atoms with Crippen molar-refractivity contribution in [2.75, 3.05) is 24.9 Å². The number of pyridine rings is 2. The molecule has 0 saturated heterocycles. The van der Waals surface area contributed by atoms with Gasteiger partial charge in [-0.05, 0) is 115 Å². The molecule has 0 spiro atoms. The SMILES string of the molecule is COc1ccc(-c2cc(C(=O)Nc3ccc(Cc4ccc(NC(=O)c5cc(-c6ccc(OC)cc6)nc6ccccc56)cc4)cc3)c3ccccc3n2)cc1. The van der Waals surface area contributed by atoms with Crippen molar-refractivity contribution in [2.24, 2.45) is 0 Å². The molecule has 8 nitrogen and oxygen atoms in total. The van der Waals surface area contributed by atoms with Crippen LogP contribution in [-0.2, 0) is 6.42 Å². The van der Waals surface area contributed by atoms with Crippen LogP contribution in [0.15, 0.2) is 158 Å². The summed E-state index contributed by atoms with van der Waals surface area (Å²) in [6, 6.07) is 49.9. The van der Waals surface area contributed by atoms with Gasteiger partial charge >= 0.3 is 0 Å². The highest BCUT2D eigenvalue weighted by Crippen LogP contribution is 2.29. The van der Waals surface area contributed by atoms with E-state index in [1.165, 1.54) is 0 Å². The number of fused-ring (bicyclic) bond motifs is 2. The van der Waals surface area contributed by atoms with E-state index in [1.807, 2.05) is 158 Å². The minimum atomic E-state index is -0.213. The number of carbonyl (C=O) groups excluding carboxylic acids is 2. The van der Waals surface area contributed by atoms with Gasteiger partial charge in [-0.1, -0.05) is 60.7 Å². The molecule has 0 aliphatic carbocycles.